The van der Waals surface area contributed by atoms with Crippen molar-refractivity contribution in [2.45, 2.75) is 33.1 Å². The van der Waals surface area contributed by atoms with Crippen molar-refractivity contribution >= 4 is 5.95 Å². The molecule has 19 heavy (non-hydrogen) atoms. The van der Waals surface area contributed by atoms with Gasteiger partial charge in [-0.15, -0.1) is 17.3 Å². The maximum atomic E-state index is 5.40. The first-order valence-electron chi connectivity index (χ1n) is 6.49. The Bertz CT molecular complexity index is 391. The lowest BCUT2D eigenvalue weighted by atomic mass is 10.5. The summed E-state index contributed by atoms with van der Waals surface area (Å²) >= 11 is 0. The van der Waals surface area contributed by atoms with Crippen LogP contribution in [0.1, 0.15) is 33.1 Å². The molecule has 1 heterocycles. The van der Waals surface area contributed by atoms with E-state index < -0.39 is 0 Å². The molecule has 0 aliphatic carbocycles. The monoisotopic (exact) mass is 264 g/mol. The van der Waals surface area contributed by atoms with Crippen LogP contribution in [-0.4, -0.2) is 34.7 Å². The highest BCUT2D eigenvalue weighted by atomic mass is 16.5. The second-order valence-corrected chi connectivity index (χ2v) is 3.80. The number of nitrogens with one attached hydrogen (secondary N) is 1. The van der Waals surface area contributed by atoms with Crippen LogP contribution in [0.3, 0.4) is 0 Å². The lowest BCUT2D eigenvalue weighted by Crippen LogP contribution is -2.10. The fraction of sp³-hybridized carbons (Fsp3) is 0.615. The predicted octanol–water partition coefficient (Wildman–Crippen LogP) is 1.88. The van der Waals surface area contributed by atoms with Gasteiger partial charge in [-0.2, -0.15) is 9.97 Å². The molecule has 1 rings (SSSR count). The standard InChI is InChI=1S/C13H20N4O2/c1-4-7-10-19-13-16-11(14-8-5-2)15-12(17-13)18-9-6-3/h1H,5-10H2,2-3H3,(H,14,15,16,17). The van der Waals surface area contributed by atoms with E-state index in [1.54, 1.807) is 0 Å². The minimum Gasteiger partial charge on any atom is -0.463 e. The molecule has 0 saturated heterocycles. The molecule has 0 saturated carbocycles. The molecular weight excluding hydrogens is 244 g/mol. The van der Waals surface area contributed by atoms with Gasteiger partial charge in [0, 0.05) is 13.0 Å². The second kappa shape index (κ2) is 8.97. The third-order valence-corrected chi connectivity index (χ3v) is 2.04. The third kappa shape index (κ3) is 5.91. The topological polar surface area (TPSA) is 69.2 Å². The van der Waals surface area contributed by atoms with E-state index in [1.165, 1.54) is 0 Å². The summed E-state index contributed by atoms with van der Waals surface area (Å²) in [6.07, 6.45) is 7.53. The minimum atomic E-state index is 0.231. The first-order valence-corrected chi connectivity index (χ1v) is 6.49. The van der Waals surface area contributed by atoms with Gasteiger partial charge in [-0.25, -0.2) is 0 Å². The zero-order chi connectivity index (χ0) is 13.9. The number of hydrogen-bond donors (Lipinski definition) is 1. The van der Waals surface area contributed by atoms with E-state index in [2.05, 4.69) is 33.1 Å². The summed E-state index contributed by atoms with van der Waals surface area (Å²) < 4.78 is 10.8. The van der Waals surface area contributed by atoms with E-state index in [9.17, 15) is 0 Å². The lowest BCUT2D eigenvalue weighted by molar-refractivity contribution is 0.266. The Morgan fingerprint density at radius 2 is 1.74 bits per heavy atom. The average Bonchev–Trinajstić information content (AvgIpc) is 2.43. The fourth-order valence-corrected chi connectivity index (χ4v) is 1.18. The van der Waals surface area contributed by atoms with E-state index in [0.29, 0.717) is 25.6 Å². The van der Waals surface area contributed by atoms with Crippen molar-refractivity contribution in [2.24, 2.45) is 0 Å². The molecule has 6 nitrogen and oxygen atoms in total. The zero-order valence-corrected chi connectivity index (χ0v) is 11.5. The number of rotatable bonds is 9. The Hall–Kier alpha value is -2.03. The molecule has 0 aromatic carbocycles. The summed E-state index contributed by atoms with van der Waals surface area (Å²) in [5.74, 6) is 2.95. The van der Waals surface area contributed by atoms with Crippen molar-refractivity contribution < 1.29 is 9.47 Å². The fourth-order valence-electron chi connectivity index (χ4n) is 1.18. The van der Waals surface area contributed by atoms with Gasteiger partial charge in [0.15, 0.2) is 0 Å². The van der Waals surface area contributed by atoms with E-state index in [0.717, 1.165) is 19.4 Å². The molecule has 6 heteroatoms. The molecule has 0 unspecified atom stereocenters. The van der Waals surface area contributed by atoms with Crippen LogP contribution in [0.25, 0.3) is 0 Å². The largest absolute Gasteiger partial charge is 0.463 e. The van der Waals surface area contributed by atoms with Gasteiger partial charge in [0.05, 0.1) is 6.61 Å². The molecule has 0 spiro atoms. The maximum absolute atomic E-state index is 5.40. The molecule has 0 amide bonds. The van der Waals surface area contributed by atoms with Gasteiger partial charge in [-0.1, -0.05) is 13.8 Å². The quantitative estimate of drug-likeness (QED) is 0.542. The Balaban J connectivity index is 2.73. The van der Waals surface area contributed by atoms with Crippen LogP contribution in [0, 0.1) is 12.3 Å². The molecule has 0 radical (unpaired) electrons. The number of hydrogen-bond acceptors (Lipinski definition) is 6. The molecule has 1 N–H and O–H groups in total. The molecule has 0 bridgehead atoms. The highest BCUT2D eigenvalue weighted by molar-refractivity contribution is 5.27. The SMILES string of the molecule is C#CCCOc1nc(NCCC)nc(OCCC)n1. The van der Waals surface area contributed by atoms with Crippen LogP contribution in [0.2, 0.25) is 0 Å². The smallest absolute Gasteiger partial charge is 0.324 e. The summed E-state index contributed by atoms with van der Waals surface area (Å²) in [5.41, 5.74) is 0. The van der Waals surface area contributed by atoms with Crippen LogP contribution in [0.5, 0.6) is 12.0 Å². The van der Waals surface area contributed by atoms with Gasteiger partial charge >= 0.3 is 12.0 Å². The normalized spacial score (nSPS) is 9.74. The van der Waals surface area contributed by atoms with Crippen molar-refractivity contribution in [1.29, 1.82) is 0 Å². The summed E-state index contributed by atoms with van der Waals surface area (Å²) in [6, 6.07) is 0.501. The van der Waals surface area contributed by atoms with Crippen LogP contribution >= 0.6 is 0 Å². The molecule has 0 aliphatic heterocycles. The Kier molecular flexibility index (Phi) is 7.10. The zero-order valence-electron chi connectivity index (χ0n) is 11.5. The van der Waals surface area contributed by atoms with Gasteiger partial charge in [-0.3, -0.25) is 0 Å². The Labute approximate surface area is 114 Å². The number of anilines is 1. The molecule has 1 aromatic rings. The highest BCUT2D eigenvalue weighted by Gasteiger charge is 2.08. The molecule has 0 fully saturated rings. The first-order chi connectivity index (χ1) is 9.30. The Morgan fingerprint density at radius 3 is 2.32 bits per heavy atom. The molecule has 104 valence electrons. The van der Waals surface area contributed by atoms with Gasteiger partial charge in [0.1, 0.15) is 6.61 Å². The minimum absolute atomic E-state index is 0.231. The average molecular weight is 264 g/mol. The van der Waals surface area contributed by atoms with Crippen molar-refractivity contribution in [2.75, 3.05) is 25.1 Å². The van der Waals surface area contributed by atoms with Crippen LogP contribution in [0.15, 0.2) is 0 Å². The van der Waals surface area contributed by atoms with Crippen molar-refractivity contribution in [1.82, 2.24) is 15.0 Å². The van der Waals surface area contributed by atoms with Crippen molar-refractivity contribution in [3.63, 3.8) is 0 Å². The first kappa shape index (κ1) is 15.0. The second-order valence-electron chi connectivity index (χ2n) is 3.80. The third-order valence-electron chi connectivity index (χ3n) is 2.04. The van der Waals surface area contributed by atoms with E-state index >= 15 is 0 Å². The van der Waals surface area contributed by atoms with Crippen molar-refractivity contribution in [3.05, 3.63) is 0 Å². The molecule has 0 aliphatic rings. The summed E-state index contributed by atoms with van der Waals surface area (Å²) in [7, 11) is 0. The Morgan fingerprint density at radius 1 is 1.05 bits per heavy atom. The summed E-state index contributed by atoms with van der Waals surface area (Å²) in [6.45, 7) is 5.79. The maximum Gasteiger partial charge on any atom is 0.324 e. The van der Waals surface area contributed by atoms with E-state index in [4.69, 9.17) is 15.9 Å². The van der Waals surface area contributed by atoms with E-state index in [1.807, 2.05) is 6.92 Å². The molecule has 1 aromatic heterocycles. The number of nitrogens with zero attached hydrogens (tertiary/aromatic N) is 3. The van der Waals surface area contributed by atoms with Crippen LogP contribution in [-0.2, 0) is 0 Å². The number of terminal acetylenes is 1. The highest BCUT2D eigenvalue weighted by Crippen LogP contribution is 2.13. The van der Waals surface area contributed by atoms with Gasteiger partial charge in [0.2, 0.25) is 5.95 Å². The summed E-state index contributed by atoms with van der Waals surface area (Å²) in [5, 5.41) is 3.08. The number of ether oxygens (including phenoxy) is 2. The number of aromatic nitrogens is 3. The van der Waals surface area contributed by atoms with Gasteiger partial charge in [-0.05, 0) is 12.8 Å². The molecular formula is C13H20N4O2. The summed E-state index contributed by atoms with van der Waals surface area (Å²) in [4.78, 5) is 12.4. The lowest BCUT2D eigenvalue weighted by Gasteiger charge is -2.08. The van der Waals surface area contributed by atoms with Gasteiger partial charge in [0.25, 0.3) is 0 Å². The van der Waals surface area contributed by atoms with Crippen molar-refractivity contribution in [3.8, 4) is 24.4 Å². The van der Waals surface area contributed by atoms with Gasteiger partial charge < -0.3 is 14.8 Å². The van der Waals surface area contributed by atoms with Crippen LogP contribution in [0.4, 0.5) is 5.95 Å². The molecule has 0 atom stereocenters. The van der Waals surface area contributed by atoms with Crippen LogP contribution < -0.4 is 14.8 Å². The predicted molar refractivity (Wildman–Crippen MR) is 73.3 cm³/mol. The van der Waals surface area contributed by atoms with E-state index in [-0.39, 0.29) is 12.0 Å².